The average molecular weight is 319 g/mol. The van der Waals surface area contributed by atoms with Crippen LogP contribution in [0.4, 0.5) is 8.78 Å². The van der Waals surface area contributed by atoms with Gasteiger partial charge in [0, 0.05) is 15.4 Å². The Morgan fingerprint density at radius 1 is 1.29 bits per heavy atom. The minimum atomic E-state index is -1.30. The van der Waals surface area contributed by atoms with Crippen molar-refractivity contribution in [1.29, 1.82) is 0 Å². The van der Waals surface area contributed by atoms with Gasteiger partial charge in [0.1, 0.15) is 17.7 Å². The molecule has 17 heavy (non-hydrogen) atoms. The summed E-state index contributed by atoms with van der Waals surface area (Å²) in [6, 6.07) is 2.51. The molecule has 2 aromatic rings. The predicted octanol–water partition coefficient (Wildman–Crippen LogP) is 4.18. The van der Waals surface area contributed by atoms with Crippen molar-refractivity contribution in [3.8, 4) is 0 Å². The standard InChI is InChI=1S/C12H9BrF2OS/c1-6-2-3-9(14)10(11(6)15)12(16)7-4-17-5-8(7)13/h2-5,12,16H,1H3. The number of halogens is 3. The second kappa shape index (κ2) is 4.84. The zero-order chi connectivity index (χ0) is 12.6. The lowest BCUT2D eigenvalue weighted by atomic mass is 10.0. The normalized spacial score (nSPS) is 12.8. The van der Waals surface area contributed by atoms with Gasteiger partial charge in [-0.15, -0.1) is 0 Å². The fourth-order valence-corrected chi connectivity index (χ4v) is 3.10. The summed E-state index contributed by atoms with van der Waals surface area (Å²) < 4.78 is 28.1. The van der Waals surface area contributed by atoms with E-state index in [0.717, 1.165) is 6.07 Å². The number of aliphatic hydroxyl groups is 1. The molecule has 1 atom stereocenters. The summed E-state index contributed by atoms with van der Waals surface area (Å²) in [7, 11) is 0. The Bertz CT molecular complexity index is 553. The maximum absolute atomic E-state index is 13.8. The van der Waals surface area contributed by atoms with Crippen molar-refractivity contribution in [2.45, 2.75) is 13.0 Å². The molecule has 0 fully saturated rings. The summed E-state index contributed by atoms with van der Waals surface area (Å²) in [6.45, 7) is 1.54. The molecule has 0 aliphatic carbocycles. The highest BCUT2D eigenvalue weighted by atomic mass is 79.9. The number of hydrogen-bond donors (Lipinski definition) is 1. The Labute approximate surface area is 110 Å². The van der Waals surface area contributed by atoms with Gasteiger partial charge in [0.25, 0.3) is 0 Å². The molecule has 1 heterocycles. The molecule has 0 bridgehead atoms. The van der Waals surface area contributed by atoms with E-state index in [1.165, 1.54) is 24.3 Å². The van der Waals surface area contributed by atoms with Crippen LogP contribution in [-0.2, 0) is 0 Å². The first-order chi connectivity index (χ1) is 8.02. The first-order valence-electron chi connectivity index (χ1n) is 4.86. The van der Waals surface area contributed by atoms with Gasteiger partial charge in [-0.25, -0.2) is 8.78 Å². The molecule has 2 rings (SSSR count). The number of aliphatic hydroxyl groups excluding tert-OH is 1. The third kappa shape index (κ3) is 2.27. The van der Waals surface area contributed by atoms with Gasteiger partial charge < -0.3 is 5.11 Å². The van der Waals surface area contributed by atoms with Crippen molar-refractivity contribution in [2.24, 2.45) is 0 Å². The van der Waals surface area contributed by atoms with Gasteiger partial charge in [0.05, 0.1) is 5.56 Å². The Morgan fingerprint density at radius 3 is 2.59 bits per heavy atom. The number of rotatable bonds is 2. The first-order valence-corrected chi connectivity index (χ1v) is 6.60. The predicted molar refractivity (Wildman–Crippen MR) is 67.2 cm³/mol. The topological polar surface area (TPSA) is 20.2 Å². The molecule has 1 N–H and O–H groups in total. The molecule has 0 amide bonds. The van der Waals surface area contributed by atoms with Crippen LogP contribution in [0.5, 0.6) is 0 Å². The van der Waals surface area contributed by atoms with E-state index < -0.39 is 17.7 Å². The summed E-state index contributed by atoms with van der Waals surface area (Å²) >= 11 is 4.59. The minimum Gasteiger partial charge on any atom is -0.383 e. The van der Waals surface area contributed by atoms with E-state index in [-0.39, 0.29) is 5.56 Å². The Balaban J connectivity index is 2.55. The monoisotopic (exact) mass is 318 g/mol. The van der Waals surface area contributed by atoms with Crippen molar-refractivity contribution in [2.75, 3.05) is 0 Å². The van der Waals surface area contributed by atoms with Gasteiger partial charge in [-0.3, -0.25) is 0 Å². The molecule has 0 saturated carbocycles. The highest BCUT2D eigenvalue weighted by Gasteiger charge is 2.23. The number of thiophene rings is 1. The molecule has 1 aromatic heterocycles. The van der Waals surface area contributed by atoms with Gasteiger partial charge in [-0.05, 0) is 39.9 Å². The molecule has 5 heteroatoms. The third-order valence-electron chi connectivity index (χ3n) is 2.53. The van der Waals surface area contributed by atoms with Crippen molar-refractivity contribution >= 4 is 27.3 Å². The van der Waals surface area contributed by atoms with Gasteiger partial charge in [0.2, 0.25) is 0 Å². The van der Waals surface area contributed by atoms with Crippen LogP contribution >= 0.6 is 27.3 Å². The molecule has 90 valence electrons. The van der Waals surface area contributed by atoms with Crippen LogP contribution in [0.1, 0.15) is 22.8 Å². The lowest BCUT2D eigenvalue weighted by molar-refractivity contribution is 0.208. The second-order valence-electron chi connectivity index (χ2n) is 3.67. The maximum atomic E-state index is 13.8. The SMILES string of the molecule is Cc1ccc(F)c(C(O)c2cscc2Br)c1F. The van der Waals surface area contributed by atoms with Gasteiger partial charge >= 0.3 is 0 Å². The Morgan fingerprint density at radius 2 is 2.00 bits per heavy atom. The molecule has 1 nitrogen and oxygen atoms in total. The van der Waals surface area contributed by atoms with E-state index in [4.69, 9.17) is 0 Å². The maximum Gasteiger partial charge on any atom is 0.135 e. The molecule has 1 unspecified atom stereocenters. The zero-order valence-corrected chi connectivity index (χ0v) is 11.3. The molecular formula is C12H9BrF2OS. The van der Waals surface area contributed by atoms with Crippen molar-refractivity contribution in [1.82, 2.24) is 0 Å². The fraction of sp³-hybridized carbons (Fsp3) is 0.167. The Kier molecular flexibility index (Phi) is 3.61. The van der Waals surface area contributed by atoms with Crippen LogP contribution in [0.25, 0.3) is 0 Å². The highest BCUT2D eigenvalue weighted by Crippen LogP contribution is 2.34. The minimum absolute atomic E-state index is 0.302. The number of aryl methyl sites for hydroxylation is 1. The van der Waals surface area contributed by atoms with Crippen LogP contribution in [0.2, 0.25) is 0 Å². The molecule has 0 aliphatic rings. The quantitative estimate of drug-likeness (QED) is 0.880. The van der Waals surface area contributed by atoms with E-state index in [2.05, 4.69) is 15.9 Å². The number of benzene rings is 1. The average Bonchev–Trinajstić information content (AvgIpc) is 2.70. The van der Waals surface area contributed by atoms with E-state index in [1.807, 2.05) is 0 Å². The van der Waals surface area contributed by atoms with E-state index in [1.54, 1.807) is 10.8 Å². The van der Waals surface area contributed by atoms with Crippen LogP contribution < -0.4 is 0 Å². The van der Waals surface area contributed by atoms with E-state index in [0.29, 0.717) is 15.6 Å². The third-order valence-corrected chi connectivity index (χ3v) is 4.28. The van der Waals surface area contributed by atoms with Crippen molar-refractivity contribution < 1.29 is 13.9 Å². The molecule has 1 aromatic carbocycles. The van der Waals surface area contributed by atoms with Crippen LogP contribution in [0.3, 0.4) is 0 Å². The molecule has 0 saturated heterocycles. The van der Waals surface area contributed by atoms with E-state index >= 15 is 0 Å². The summed E-state index contributed by atoms with van der Waals surface area (Å²) in [6.07, 6.45) is -1.30. The lowest BCUT2D eigenvalue weighted by Crippen LogP contribution is -2.06. The zero-order valence-electron chi connectivity index (χ0n) is 8.88. The molecular weight excluding hydrogens is 310 g/mol. The molecule has 0 radical (unpaired) electrons. The molecule has 0 spiro atoms. The smallest absolute Gasteiger partial charge is 0.135 e. The second-order valence-corrected chi connectivity index (χ2v) is 5.27. The first kappa shape index (κ1) is 12.7. The summed E-state index contributed by atoms with van der Waals surface area (Å²) in [4.78, 5) is 0. The van der Waals surface area contributed by atoms with Crippen molar-refractivity contribution in [3.05, 3.63) is 55.7 Å². The molecule has 0 aliphatic heterocycles. The van der Waals surface area contributed by atoms with E-state index in [9.17, 15) is 13.9 Å². The summed E-state index contributed by atoms with van der Waals surface area (Å²) in [5, 5.41) is 13.5. The van der Waals surface area contributed by atoms with Crippen LogP contribution in [0, 0.1) is 18.6 Å². The Hall–Kier alpha value is -0.780. The summed E-state index contributed by atoms with van der Waals surface area (Å²) in [5.74, 6) is -1.44. The van der Waals surface area contributed by atoms with Crippen LogP contribution in [0.15, 0.2) is 27.4 Å². The van der Waals surface area contributed by atoms with Crippen LogP contribution in [-0.4, -0.2) is 5.11 Å². The van der Waals surface area contributed by atoms with Crippen molar-refractivity contribution in [3.63, 3.8) is 0 Å². The van der Waals surface area contributed by atoms with Gasteiger partial charge in [-0.2, -0.15) is 11.3 Å². The fourth-order valence-electron chi connectivity index (χ4n) is 1.57. The largest absolute Gasteiger partial charge is 0.383 e. The highest BCUT2D eigenvalue weighted by molar-refractivity contribution is 9.10. The van der Waals surface area contributed by atoms with Gasteiger partial charge in [0.15, 0.2) is 0 Å². The number of hydrogen-bond acceptors (Lipinski definition) is 2. The summed E-state index contributed by atoms with van der Waals surface area (Å²) in [5.41, 5.74) is 0.481. The lowest BCUT2D eigenvalue weighted by Gasteiger charge is -2.13. The van der Waals surface area contributed by atoms with Gasteiger partial charge in [-0.1, -0.05) is 6.07 Å².